The summed E-state index contributed by atoms with van der Waals surface area (Å²) in [6.45, 7) is 2.19. The molecule has 0 spiro atoms. The number of hydrogen-bond acceptors (Lipinski definition) is 5. The summed E-state index contributed by atoms with van der Waals surface area (Å²) in [6.07, 6.45) is 0.516. The quantitative estimate of drug-likeness (QED) is 0.796. The van der Waals surface area contributed by atoms with Crippen LogP contribution >= 0.6 is 0 Å². The summed E-state index contributed by atoms with van der Waals surface area (Å²) in [7, 11) is 1.37. The molecule has 1 aliphatic rings. The van der Waals surface area contributed by atoms with Crippen LogP contribution in [0.25, 0.3) is 0 Å². The van der Waals surface area contributed by atoms with Crippen LogP contribution in [0.3, 0.4) is 0 Å². The molecule has 1 aliphatic heterocycles. The molecule has 0 radical (unpaired) electrons. The second kappa shape index (κ2) is 5.63. The Bertz CT molecular complexity index is 722. The Balaban J connectivity index is 1.97. The van der Waals surface area contributed by atoms with Crippen LogP contribution in [0, 0.1) is 6.92 Å². The van der Waals surface area contributed by atoms with E-state index in [2.05, 4.69) is 5.16 Å². The summed E-state index contributed by atoms with van der Waals surface area (Å²) in [4.78, 5) is 26.1. The Morgan fingerprint density at radius 3 is 2.82 bits per heavy atom. The highest BCUT2D eigenvalue weighted by Crippen LogP contribution is 2.36. The zero-order valence-electron chi connectivity index (χ0n) is 12.4. The predicted molar refractivity (Wildman–Crippen MR) is 78.7 cm³/mol. The molecule has 6 heteroatoms. The molecule has 0 aliphatic carbocycles. The topological polar surface area (TPSA) is 72.6 Å². The third kappa shape index (κ3) is 2.36. The first-order valence-electron chi connectivity index (χ1n) is 7.03. The fourth-order valence-electron chi connectivity index (χ4n) is 2.76. The maximum atomic E-state index is 12.6. The number of nitrogens with zero attached hydrogens (tertiary/aromatic N) is 2. The molecule has 0 bridgehead atoms. The molecule has 3 rings (SSSR count). The molecule has 0 N–H and O–H groups in total. The van der Waals surface area contributed by atoms with Crippen molar-refractivity contribution in [1.82, 2.24) is 5.16 Å². The van der Waals surface area contributed by atoms with Gasteiger partial charge in [-0.2, -0.15) is 0 Å². The average molecular weight is 300 g/mol. The highest BCUT2D eigenvalue weighted by atomic mass is 16.5. The van der Waals surface area contributed by atoms with E-state index in [1.54, 1.807) is 17.9 Å². The van der Waals surface area contributed by atoms with Gasteiger partial charge in [-0.3, -0.25) is 9.59 Å². The standard InChI is InChI=1S/C16H16N2O4/c1-10-9-14(22-17-10)15(19)18-8-7-12(16(20)21-2)11-5-3-4-6-13(11)18/h3-6,9,12H,7-8H2,1-2H3/t12-/m1/s1. The van der Waals surface area contributed by atoms with Gasteiger partial charge in [0.25, 0.3) is 5.91 Å². The lowest BCUT2D eigenvalue weighted by Crippen LogP contribution is -2.38. The van der Waals surface area contributed by atoms with Crippen LogP contribution in [0.15, 0.2) is 34.9 Å². The molecule has 0 unspecified atom stereocenters. The maximum absolute atomic E-state index is 12.6. The molecular weight excluding hydrogens is 284 g/mol. The molecule has 0 saturated heterocycles. The number of methoxy groups -OCH3 is 1. The normalized spacial score (nSPS) is 17.0. The Labute approximate surface area is 127 Å². The highest BCUT2D eigenvalue weighted by molar-refractivity contribution is 6.05. The summed E-state index contributed by atoms with van der Waals surface area (Å²) < 4.78 is 9.92. The van der Waals surface area contributed by atoms with Gasteiger partial charge in [0.2, 0.25) is 5.76 Å². The number of carbonyl (C=O) groups excluding carboxylic acids is 2. The van der Waals surface area contributed by atoms with Crippen molar-refractivity contribution in [3.8, 4) is 0 Å². The number of carbonyl (C=O) groups is 2. The monoisotopic (exact) mass is 300 g/mol. The van der Waals surface area contributed by atoms with Crippen LogP contribution in [-0.2, 0) is 9.53 Å². The van der Waals surface area contributed by atoms with Crippen molar-refractivity contribution in [2.24, 2.45) is 0 Å². The van der Waals surface area contributed by atoms with Gasteiger partial charge in [0, 0.05) is 18.3 Å². The van der Waals surface area contributed by atoms with Gasteiger partial charge in [-0.05, 0) is 25.0 Å². The van der Waals surface area contributed by atoms with Gasteiger partial charge in [-0.1, -0.05) is 23.4 Å². The molecule has 1 aromatic heterocycles. The fraction of sp³-hybridized carbons (Fsp3) is 0.312. The second-order valence-corrected chi connectivity index (χ2v) is 5.21. The average Bonchev–Trinajstić information content (AvgIpc) is 2.99. The molecule has 1 atom stereocenters. The molecule has 2 heterocycles. The van der Waals surface area contributed by atoms with E-state index >= 15 is 0 Å². The van der Waals surface area contributed by atoms with Crippen LogP contribution in [0.4, 0.5) is 5.69 Å². The lowest BCUT2D eigenvalue weighted by molar-refractivity contribution is -0.142. The number of fused-ring (bicyclic) bond motifs is 1. The first kappa shape index (κ1) is 14.3. The van der Waals surface area contributed by atoms with Crippen LogP contribution in [0.5, 0.6) is 0 Å². The van der Waals surface area contributed by atoms with Crippen molar-refractivity contribution in [3.63, 3.8) is 0 Å². The third-order valence-electron chi connectivity index (χ3n) is 3.81. The predicted octanol–water partition coefficient (Wildman–Crippen LogP) is 2.29. The summed E-state index contributed by atoms with van der Waals surface area (Å²) in [6, 6.07) is 8.97. The third-order valence-corrected chi connectivity index (χ3v) is 3.81. The van der Waals surface area contributed by atoms with Crippen LogP contribution < -0.4 is 4.90 Å². The van der Waals surface area contributed by atoms with Gasteiger partial charge in [0.15, 0.2) is 0 Å². The number of ether oxygens (including phenoxy) is 1. The van der Waals surface area contributed by atoms with Gasteiger partial charge in [-0.25, -0.2) is 0 Å². The number of para-hydroxylation sites is 1. The summed E-state index contributed by atoms with van der Waals surface area (Å²) in [5.74, 6) is -0.683. The van der Waals surface area contributed by atoms with E-state index in [1.807, 2.05) is 24.3 Å². The Hall–Kier alpha value is -2.63. The largest absolute Gasteiger partial charge is 0.469 e. The van der Waals surface area contributed by atoms with Gasteiger partial charge in [0.05, 0.1) is 18.7 Å². The molecular formula is C16H16N2O4. The lowest BCUT2D eigenvalue weighted by atomic mass is 9.90. The van der Waals surface area contributed by atoms with E-state index in [0.717, 1.165) is 5.56 Å². The van der Waals surface area contributed by atoms with E-state index in [-0.39, 0.29) is 23.6 Å². The number of hydrogen-bond donors (Lipinski definition) is 0. The number of rotatable bonds is 2. The molecule has 114 valence electrons. The SMILES string of the molecule is COC(=O)[C@@H]1CCN(C(=O)c2cc(C)no2)c2ccccc21. The van der Waals surface area contributed by atoms with Crippen molar-refractivity contribution < 1.29 is 18.8 Å². The summed E-state index contributed by atoms with van der Waals surface area (Å²) in [5.41, 5.74) is 2.16. The molecule has 6 nitrogen and oxygen atoms in total. The van der Waals surface area contributed by atoms with Crippen LogP contribution in [0.1, 0.15) is 34.2 Å². The minimum absolute atomic E-state index is 0.198. The second-order valence-electron chi connectivity index (χ2n) is 5.21. The summed E-state index contributed by atoms with van der Waals surface area (Å²) >= 11 is 0. The Kier molecular flexibility index (Phi) is 3.66. The molecule has 0 saturated carbocycles. The van der Waals surface area contributed by atoms with Crippen molar-refractivity contribution in [3.05, 3.63) is 47.3 Å². The van der Waals surface area contributed by atoms with Gasteiger partial charge >= 0.3 is 5.97 Å². The first-order chi connectivity index (χ1) is 10.6. The van der Waals surface area contributed by atoms with Gasteiger partial charge in [-0.15, -0.1) is 0 Å². The van der Waals surface area contributed by atoms with Crippen molar-refractivity contribution >= 4 is 17.6 Å². The van der Waals surface area contributed by atoms with E-state index in [4.69, 9.17) is 9.26 Å². The smallest absolute Gasteiger partial charge is 0.313 e. The number of benzene rings is 1. The van der Waals surface area contributed by atoms with Crippen molar-refractivity contribution in [1.29, 1.82) is 0 Å². The molecule has 1 amide bonds. The molecule has 2 aromatic rings. The zero-order valence-corrected chi connectivity index (χ0v) is 12.4. The fourth-order valence-corrected chi connectivity index (χ4v) is 2.76. The molecule has 22 heavy (non-hydrogen) atoms. The lowest BCUT2D eigenvalue weighted by Gasteiger charge is -2.32. The summed E-state index contributed by atoms with van der Waals surface area (Å²) in [5, 5.41) is 3.75. The van der Waals surface area contributed by atoms with E-state index < -0.39 is 0 Å². The first-order valence-corrected chi connectivity index (χ1v) is 7.03. The van der Waals surface area contributed by atoms with Crippen LogP contribution in [0.2, 0.25) is 0 Å². The van der Waals surface area contributed by atoms with Crippen LogP contribution in [-0.4, -0.2) is 30.7 Å². The van der Waals surface area contributed by atoms with E-state index in [0.29, 0.717) is 24.3 Å². The Morgan fingerprint density at radius 2 is 2.14 bits per heavy atom. The maximum Gasteiger partial charge on any atom is 0.313 e. The number of amides is 1. The highest BCUT2D eigenvalue weighted by Gasteiger charge is 2.34. The number of aryl methyl sites for hydroxylation is 1. The van der Waals surface area contributed by atoms with Gasteiger partial charge in [0.1, 0.15) is 0 Å². The van der Waals surface area contributed by atoms with Crippen molar-refractivity contribution in [2.45, 2.75) is 19.3 Å². The number of aromatic nitrogens is 1. The van der Waals surface area contributed by atoms with Crippen molar-refractivity contribution in [2.75, 3.05) is 18.6 Å². The van der Waals surface area contributed by atoms with E-state index in [9.17, 15) is 9.59 Å². The number of anilines is 1. The minimum Gasteiger partial charge on any atom is -0.469 e. The Morgan fingerprint density at radius 1 is 1.36 bits per heavy atom. The minimum atomic E-state index is -0.346. The molecule has 1 aromatic carbocycles. The number of esters is 1. The molecule has 0 fully saturated rings. The van der Waals surface area contributed by atoms with E-state index in [1.165, 1.54) is 7.11 Å². The zero-order chi connectivity index (χ0) is 15.7. The van der Waals surface area contributed by atoms with Gasteiger partial charge < -0.3 is 14.2 Å².